The number of hydrogen-bond donors (Lipinski definition) is 1. The van der Waals surface area contributed by atoms with Gasteiger partial charge in [-0.25, -0.2) is 0 Å². The van der Waals surface area contributed by atoms with Gasteiger partial charge in [0.25, 0.3) is 0 Å². The normalized spacial score (nSPS) is 11.0. The van der Waals surface area contributed by atoms with Crippen LogP contribution in [-0.2, 0) is 0 Å². The summed E-state index contributed by atoms with van der Waals surface area (Å²) in [5.74, 6) is -0.0629. The topological polar surface area (TPSA) is 50.4 Å². The third-order valence-corrected chi connectivity index (χ3v) is 4.00. The lowest BCUT2D eigenvalue weighted by atomic mass is 10.1. The summed E-state index contributed by atoms with van der Waals surface area (Å²) in [5, 5.41) is 10.3. The van der Waals surface area contributed by atoms with Crippen molar-refractivity contribution in [3.05, 3.63) is 61.7 Å². The number of phenolic OH excluding ortho intramolecular Hbond substituents is 1. The third kappa shape index (κ3) is 2.38. The molecule has 3 rings (SSSR count). The molecule has 1 aromatic heterocycles. The van der Waals surface area contributed by atoms with Crippen molar-refractivity contribution in [2.24, 2.45) is 0 Å². The Balaban J connectivity index is 2.39. The number of aromatic hydroxyl groups is 1. The number of hydrogen-bond acceptors (Lipinski definition) is 3. The molecule has 3 nitrogen and oxygen atoms in total. The quantitative estimate of drug-likeness (QED) is 0.668. The SMILES string of the molecule is O=c1cc(-c2ccccc2Cl)oc2c(Cl)c(O)c(Cl)cc12. The molecule has 21 heavy (non-hydrogen) atoms. The zero-order valence-electron chi connectivity index (χ0n) is 10.4. The van der Waals surface area contributed by atoms with Crippen molar-refractivity contribution in [1.82, 2.24) is 0 Å². The van der Waals surface area contributed by atoms with E-state index in [0.717, 1.165) is 0 Å². The van der Waals surface area contributed by atoms with E-state index in [9.17, 15) is 9.90 Å². The van der Waals surface area contributed by atoms with E-state index in [1.807, 2.05) is 0 Å². The van der Waals surface area contributed by atoms with Crippen LogP contribution in [0.4, 0.5) is 0 Å². The molecule has 0 aliphatic rings. The molecule has 2 aromatic carbocycles. The van der Waals surface area contributed by atoms with E-state index >= 15 is 0 Å². The Morgan fingerprint density at radius 3 is 2.43 bits per heavy atom. The fourth-order valence-electron chi connectivity index (χ4n) is 2.00. The first kappa shape index (κ1) is 14.3. The number of halogens is 3. The summed E-state index contributed by atoms with van der Waals surface area (Å²) in [6, 6.07) is 9.57. The van der Waals surface area contributed by atoms with E-state index in [1.165, 1.54) is 12.1 Å². The van der Waals surface area contributed by atoms with Crippen LogP contribution < -0.4 is 5.43 Å². The van der Waals surface area contributed by atoms with Crippen LogP contribution in [0.3, 0.4) is 0 Å². The number of phenols is 1. The first-order valence-corrected chi connectivity index (χ1v) is 7.02. The zero-order valence-corrected chi connectivity index (χ0v) is 12.6. The summed E-state index contributed by atoms with van der Waals surface area (Å²) in [7, 11) is 0. The van der Waals surface area contributed by atoms with Crippen molar-refractivity contribution in [1.29, 1.82) is 0 Å². The first-order chi connectivity index (χ1) is 9.99. The van der Waals surface area contributed by atoms with Crippen molar-refractivity contribution in [3.8, 4) is 17.1 Å². The highest BCUT2D eigenvalue weighted by atomic mass is 35.5. The Hall–Kier alpha value is -1.68. The Kier molecular flexibility index (Phi) is 3.57. The fraction of sp³-hybridized carbons (Fsp3) is 0. The highest BCUT2D eigenvalue weighted by molar-refractivity contribution is 6.40. The van der Waals surface area contributed by atoms with Crippen molar-refractivity contribution in [3.63, 3.8) is 0 Å². The molecule has 0 atom stereocenters. The van der Waals surface area contributed by atoms with Crippen LogP contribution in [0, 0.1) is 0 Å². The molecule has 1 N–H and O–H groups in total. The van der Waals surface area contributed by atoms with Gasteiger partial charge >= 0.3 is 0 Å². The summed E-state index contributed by atoms with van der Waals surface area (Å²) in [4.78, 5) is 12.2. The molecule has 0 saturated carbocycles. The van der Waals surface area contributed by atoms with Crippen LogP contribution in [0.5, 0.6) is 5.75 Å². The van der Waals surface area contributed by atoms with Gasteiger partial charge in [0, 0.05) is 11.6 Å². The van der Waals surface area contributed by atoms with Gasteiger partial charge in [0.1, 0.15) is 10.8 Å². The molecule has 0 spiro atoms. The number of benzene rings is 2. The Morgan fingerprint density at radius 2 is 1.71 bits per heavy atom. The van der Waals surface area contributed by atoms with E-state index < -0.39 is 0 Å². The van der Waals surface area contributed by atoms with Gasteiger partial charge in [-0.1, -0.05) is 46.9 Å². The van der Waals surface area contributed by atoms with Crippen LogP contribution in [0.25, 0.3) is 22.3 Å². The van der Waals surface area contributed by atoms with Gasteiger partial charge in [-0.3, -0.25) is 4.79 Å². The maximum Gasteiger partial charge on any atom is 0.193 e. The van der Waals surface area contributed by atoms with Crippen LogP contribution in [0.2, 0.25) is 15.1 Å². The fourth-order valence-corrected chi connectivity index (χ4v) is 2.73. The van der Waals surface area contributed by atoms with Crippen LogP contribution >= 0.6 is 34.8 Å². The predicted octanol–water partition coefficient (Wildman–Crippen LogP) is 5.13. The third-order valence-electron chi connectivity index (χ3n) is 3.03. The second-order valence-electron chi connectivity index (χ2n) is 4.35. The van der Waals surface area contributed by atoms with Gasteiger partial charge in [-0.15, -0.1) is 0 Å². The zero-order chi connectivity index (χ0) is 15.1. The monoisotopic (exact) mass is 340 g/mol. The average molecular weight is 342 g/mol. The lowest BCUT2D eigenvalue weighted by Gasteiger charge is -2.07. The molecule has 1 heterocycles. The summed E-state index contributed by atoms with van der Waals surface area (Å²) in [6.45, 7) is 0. The average Bonchev–Trinajstić information content (AvgIpc) is 2.46. The Labute approximate surface area is 134 Å². The van der Waals surface area contributed by atoms with Gasteiger partial charge in [-0.2, -0.15) is 0 Å². The first-order valence-electron chi connectivity index (χ1n) is 5.88. The molecule has 0 bridgehead atoms. The minimum atomic E-state index is -0.328. The van der Waals surface area contributed by atoms with Gasteiger partial charge < -0.3 is 9.52 Å². The van der Waals surface area contributed by atoms with E-state index in [-0.39, 0.29) is 38.0 Å². The lowest BCUT2D eigenvalue weighted by molar-refractivity contribution is 0.475. The number of rotatable bonds is 1. The molecule has 0 unspecified atom stereocenters. The molecular formula is C15H7Cl3O3. The van der Waals surface area contributed by atoms with Crippen molar-refractivity contribution in [2.75, 3.05) is 0 Å². The van der Waals surface area contributed by atoms with Gasteiger partial charge in [0.2, 0.25) is 0 Å². The van der Waals surface area contributed by atoms with Crippen LogP contribution in [0.1, 0.15) is 0 Å². The molecule has 0 amide bonds. The van der Waals surface area contributed by atoms with Gasteiger partial charge in [0.15, 0.2) is 16.8 Å². The summed E-state index contributed by atoms with van der Waals surface area (Å²) < 4.78 is 5.64. The lowest BCUT2D eigenvalue weighted by Crippen LogP contribution is -2.01. The standard InChI is InChI=1S/C15H7Cl3O3/c16-9-4-2-1-3-7(9)12-6-11(19)8-5-10(17)14(20)13(18)15(8)21-12/h1-6,20H. The van der Waals surface area contributed by atoms with Gasteiger partial charge in [-0.05, 0) is 18.2 Å². The molecule has 0 aliphatic heterocycles. The minimum Gasteiger partial charge on any atom is -0.505 e. The molecular weight excluding hydrogens is 335 g/mol. The van der Waals surface area contributed by atoms with Crippen LogP contribution in [0.15, 0.2) is 45.6 Å². The molecule has 106 valence electrons. The summed E-state index contributed by atoms with van der Waals surface area (Å²) >= 11 is 17.9. The van der Waals surface area contributed by atoms with E-state index in [1.54, 1.807) is 24.3 Å². The molecule has 0 radical (unpaired) electrons. The summed E-state index contributed by atoms with van der Waals surface area (Å²) in [6.07, 6.45) is 0. The summed E-state index contributed by atoms with van der Waals surface area (Å²) in [5.41, 5.74) is 0.305. The molecule has 0 aliphatic carbocycles. The molecule has 0 saturated heterocycles. The van der Waals surface area contributed by atoms with E-state index in [2.05, 4.69) is 0 Å². The second-order valence-corrected chi connectivity index (χ2v) is 5.54. The van der Waals surface area contributed by atoms with Crippen LogP contribution in [-0.4, -0.2) is 5.11 Å². The predicted molar refractivity (Wildman–Crippen MR) is 84.6 cm³/mol. The highest BCUT2D eigenvalue weighted by Gasteiger charge is 2.16. The molecule has 6 heteroatoms. The van der Waals surface area contributed by atoms with Gasteiger partial charge in [0.05, 0.1) is 15.4 Å². The highest BCUT2D eigenvalue weighted by Crippen LogP contribution is 2.39. The second kappa shape index (κ2) is 5.26. The molecule has 0 fully saturated rings. The minimum absolute atomic E-state index is 0.00899. The maximum absolute atomic E-state index is 12.2. The largest absolute Gasteiger partial charge is 0.505 e. The number of fused-ring (bicyclic) bond motifs is 1. The van der Waals surface area contributed by atoms with Crippen molar-refractivity contribution < 1.29 is 9.52 Å². The van der Waals surface area contributed by atoms with Crippen molar-refractivity contribution in [2.45, 2.75) is 0 Å². The Morgan fingerprint density at radius 1 is 1.00 bits per heavy atom. The molecule has 3 aromatic rings. The van der Waals surface area contributed by atoms with Crippen molar-refractivity contribution >= 4 is 45.8 Å². The van der Waals surface area contributed by atoms with E-state index in [4.69, 9.17) is 39.2 Å². The smallest absolute Gasteiger partial charge is 0.193 e. The maximum atomic E-state index is 12.2. The Bertz CT molecular complexity index is 916. The van der Waals surface area contributed by atoms with E-state index in [0.29, 0.717) is 10.6 Å².